The summed E-state index contributed by atoms with van der Waals surface area (Å²) < 4.78 is 13.1. The maximum atomic E-state index is 12.4. The van der Waals surface area contributed by atoms with Gasteiger partial charge in [-0.05, 0) is 55.0 Å². The number of carbonyl (C=O) groups excluding carboxylic acids is 1. The van der Waals surface area contributed by atoms with Gasteiger partial charge in [0.25, 0.3) is 0 Å². The predicted octanol–water partition coefficient (Wildman–Crippen LogP) is 10.3. The first-order chi connectivity index (χ1) is 20.8. The standard InChI is InChI=1S/C35H47ClN4O3/c1-5-6-7-8-9-10-11-12-13-14-15-16-25-42-34(41)27-19-23-29(24-20-27)43-28-21-17-26(18-22-28)32-37-33-30(36)31(35(2,3)4)38-40(33)39-32/h17-24,38H,5-16,25H2,1-4H3. The summed E-state index contributed by atoms with van der Waals surface area (Å²) in [6, 6.07) is 14.6. The highest BCUT2D eigenvalue weighted by Crippen LogP contribution is 2.32. The molecule has 232 valence electrons. The van der Waals surface area contributed by atoms with Crippen LogP contribution in [-0.4, -0.2) is 32.4 Å². The second-order valence-corrected chi connectivity index (χ2v) is 12.8. The molecule has 7 nitrogen and oxygen atoms in total. The number of unbranched alkanes of at least 4 members (excludes halogenated alkanes) is 11. The molecule has 43 heavy (non-hydrogen) atoms. The minimum absolute atomic E-state index is 0.136. The largest absolute Gasteiger partial charge is 0.462 e. The fourth-order valence-electron chi connectivity index (χ4n) is 5.08. The lowest BCUT2D eigenvalue weighted by molar-refractivity contribution is 0.0497. The number of aromatic nitrogens is 4. The molecule has 2 aromatic carbocycles. The highest BCUT2D eigenvalue weighted by molar-refractivity contribution is 6.34. The van der Waals surface area contributed by atoms with Crippen LogP contribution in [0, 0.1) is 0 Å². The van der Waals surface area contributed by atoms with E-state index in [1.807, 2.05) is 24.3 Å². The molecule has 0 radical (unpaired) electrons. The van der Waals surface area contributed by atoms with E-state index in [4.69, 9.17) is 21.1 Å². The molecule has 0 saturated heterocycles. The molecule has 0 aliphatic heterocycles. The van der Waals surface area contributed by atoms with Crippen molar-refractivity contribution in [2.45, 2.75) is 110 Å². The van der Waals surface area contributed by atoms with Crippen molar-refractivity contribution < 1.29 is 14.3 Å². The van der Waals surface area contributed by atoms with Crippen LogP contribution in [0.25, 0.3) is 17.0 Å². The van der Waals surface area contributed by atoms with Crippen molar-refractivity contribution in [1.29, 1.82) is 0 Å². The van der Waals surface area contributed by atoms with Crippen molar-refractivity contribution in [3.8, 4) is 22.9 Å². The summed E-state index contributed by atoms with van der Waals surface area (Å²) in [4.78, 5) is 17.1. The zero-order valence-corrected chi connectivity index (χ0v) is 27.0. The molecule has 0 bridgehead atoms. The van der Waals surface area contributed by atoms with Gasteiger partial charge in [0.1, 0.15) is 16.5 Å². The molecule has 0 saturated carbocycles. The number of fused-ring (bicyclic) bond motifs is 1. The zero-order chi connectivity index (χ0) is 30.7. The van der Waals surface area contributed by atoms with Gasteiger partial charge >= 0.3 is 5.97 Å². The molecule has 1 N–H and O–H groups in total. The summed E-state index contributed by atoms with van der Waals surface area (Å²) >= 11 is 6.56. The van der Waals surface area contributed by atoms with E-state index in [1.165, 1.54) is 64.2 Å². The van der Waals surface area contributed by atoms with E-state index in [0.717, 1.165) is 24.1 Å². The van der Waals surface area contributed by atoms with Crippen molar-refractivity contribution in [2.24, 2.45) is 0 Å². The van der Waals surface area contributed by atoms with Crippen molar-refractivity contribution in [3.63, 3.8) is 0 Å². The number of aromatic amines is 1. The Morgan fingerprint density at radius 1 is 0.814 bits per heavy atom. The SMILES string of the molecule is CCCCCCCCCCCCCCOC(=O)c1ccc(Oc2ccc(-c3nc4c(Cl)c(C(C)(C)C)[nH]n4n3)cc2)cc1. The van der Waals surface area contributed by atoms with Gasteiger partial charge in [0, 0.05) is 11.0 Å². The third-order valence-corrected chi connectivity index (χ3v) is 8.02. The fraction of sp³-hybridized carbons (Fsp3) is 0.514. The Morgan fingerprint density at radius 3 is 1.88 bits per heavy atom. The fourth-order valence-corrected chi connectivity index (χ4v) is 5.52. The summed E-state index contributed by atoms with van der Waals surface area (Å²) in [7, 11) is 0. The Balaban J connectivity index is 1.15. The first-order valence-electron chi connectivity index (χ1n) is 16.0. The van der Waals surface area contributed by atoms with Gasteiger partial charge < -0.3 is 9.47 Å². The number of hydrogen-bond acceptors (Lipinski definition) is 5. The third-order valence-electron chi connectivity index (χ3n) is 7.66. The Hall–Kier alpha value is -3.32. The molecule has 0 atom stereocenters. The lowest BCUT2D eigenvalue weighted by Gasteiger charge is -2.16. The molecule has 0 amide bonds. The van der Waals surface area contributed by atoms with Gasteiger partial charge in [0.05, 0.1) is 17.9 Å². The Kier molecular flexibility index (Phi) is 12.1. The maximum Gasteiger partial charge on any atom is 0.338 e. The van der Waals surface area contributed by atoms with E-state index in [2.05, 4.69) is 42.9 Å². The van der Waals surface area contributed by atoms with Gasteiger partial charge in [-0.3, -0.25) is 5.10 Å². The molecule has 2 aromatic heterocycles. The lowest BCUT2D eigenvalue weighted by atomic mass is 9.92. The van der Waals surface area contributed by atoms with Crippen LogP contribution < -0.4 is 4.74 Å². The number of benzene rings is 2. The molecule has 0 unspecified atom stereocenters. The molecule has 4 aromatic rings. The quantitative estimate of drug-likeness (QED) is 0.0955. The van der Waals surface area contributed by atoms with Gasteiger partial charge in [-0.1, -0.05) is 110 Å². The second kappa shape index (κ2) is 15.9. The smallest absolute Gasteiger partial charge is 0.338 e. The van der Waals surface area contributed by atoms with Crippen LogP contribution in [0.2, 0.25) is 5.02 Å². The van der Waals surface area contributed by atoms with E-state index >= 15 is 0 Å². The molecular formula is C35H47ClN4O3. The molecule has 2 heterocycles. The van der Waals surface area contributed by atoms with E-state index in [1.54, 1.807) is 28.9 Å². The summed E-state index contributed by atoms with van der Waals surface area (Å²) in [5.74, 6) is 1.59. The molecule has 0 spiro atoms. The van der Waals surface area contributed by atoms with Gasteiger partial charge in [0.2, 0.25) is 0 Å². The van der Waals surface area contributed by atoms with Gasteiger partial charge in [-0.25, -0.2) is 9.78 Å². The number of ether oxygens (including phenoxy) is 2. The van der Waals surface area contributed by atoms with E-state index in [0.29, 0.717) is 40.2 Å². The van der Waals surface area contributed by atoms with Crippen LogP contribution in [0.5, 0.6) is 11.5 Å². The monoisotopic (exact) mass is 606 g/mol. The van der Waals surface area contributed by atoms with Crippen LogP contribution in [0.4, 0.5) is 0 Å². The van der Waals surface area contributed by atoms with E-state index in [-0.39, 0.29) is 11.4 Å². The summed E-state index contributed by atoms with van der Waals surface area (Å²) in [5.41, 5.74) is 2.75. The average Bonchev–Trinajstić information content (AvgIpc) is 3.55. The number of hydrogen-bond donors (Lipinski definition) is 1. The van der Waals surface area contributed by atoms with Crippen molar-refractivity contribution in [2.75, 3.05) is 6.61 Å². The summed E-state index contributed by atoms with van der Waals surface area (Å²) in [6.07, 6.45) is 15.4. The maximum absolute atomic E-state index is 12.4. The molecule has 8 heteroatoms. The highest BCUT2D eigenvalue weighted by Gasteiger charge is 2.24. The predicted molar refractivity (Wildman–Crippen MR) is 174 cm³/mol. The highest BCUT2D eigenvalue weighted by atomic mass is 35.5. The average molecular weight is 607 g/mol. The normalized spacial score (nSPS) is 11.7. The van der Waals surface area contributed by atoms with Gasteiger partial charge in [-0.2, -0.15) is 4.63 Å². The third kappa shape index (κ3) is 9.59. The van der Waals surface area contributed by atoms with Crippen LogP contribution in [0.1, 0.15) is 121 Å². The lowest BCUT2D eigenvalue weighted by Crippen LogP contribution is -2.12. The molecule has 4 rings (SSSR count). The van der Waals surface area contributed by atoms with Crippen molar-refractivity contribution in [3.05, 3.63) is 64.8 Å². The first kappa shape index (κ1) is 32.6. The second-order valence-electron chi connectivity index (χ2n) is 12.4. The minimum Gasteiger partial charge on any atom is -0.462 e. The number of nitrogens with one attached hydrogen (secondary N) is 1. The Morgan fingerprint density at radius 2 is 1.35 bits per heavy atom. The number of H-pyrrole nitrogens is 1. The number of rotatable bonds is 17. The zero-order valence-electron chi connectivity index (χ0n) is 26.3. The summed E-state index contributed by atoms with van der Waals surface area (Å²) in [5, 5.41) is 8.38. The number of carbonyl (C=O) groups is 1. The van der Waals surface area contributed by atoms with Crippen LogP contribution >= 0.6 is 11.6 Å². The Labute approximate surface area is 261 Å². The molecular weight excluding hydrogens is 560 g/mol. The Bertz CT molecular complexity index is 1420. The van der Waals surface area contributed by atoms with E-state index in [9.17, 15) is 4.79 Å². The van der Waals surface area contributed by atoms with Crippen LogP contribution in [-0.2, 0) is 10.2 Å². The summed E-state index contributed by atoms with van der Waals surface area (Å²) in [6.45, 7) is 8.99. The number of nitrogens with zero attached hydrogens (tertiary/aromatic N) is 3. The van der Waals surface area contributed by atoms with Crippen molar-refractivity contribution >= 4 is 23.2 Å². The van der Waals surface area contributed by atoms with Crippen molar-refractivity contribution in [1.82, 2.24) is 19.8 Å². The molecule has 0 aliphatic rings. The first-order valence-corrected chi connectivity index (χ1v) is 16.3. The molecule has 0 aliphatic carbocycles. The van der Waals surface area contributed by atoms with E-state index < -0.39 is 0 Å². The van der Waals surface area contributed by atoms with Crippen LogP contribution in [0.3, 0.4) is 0 Å². The van der Waals surface area contributed by atoms with Gasteiger partial charge in [-0.15, -0.1) is 5.10 Å². The molecule has 0 fully saturated rings. The number of halogens is 1. The number of esters is 1. The topological polar surface area (TPSA) is 81.5 Å². The van der Waals surface area contributed by atoms with Gasteiger partial charge in [0.15, 0.2) is 11.5 Å². The van der Waals surface area contributed by atoms with Crippen LogP contribution in [0.15, 0.2) is 48.5 Å². The minimum atomic E-state index is -0.294.